The highest BCUT2D eigenvalue weighted by Gasteiger charge is 2.15. The summed E-state index contributed by atoms with van der Waals surface area (Å²) in [6.07, 6.45) is 1.88. The fourth-order valence-corrected chi connectivity index (χ4v) is 2.25. The lowest BCUT2D eigenvalue weighted by atomic mass is 10.3. The van der Waals surface area contributed by atoms with Gasteiger partial charge < -0.3 is 0 Å². The molecule has 0 spiro atoms. The second kappa shape index (κ2) is 4.89. The van der Waals surface area contributed by atoms with Gasteiger partial charge in [-0.3, -0.25) is 4.79 Å². The van der Waals surface area contributed by atoms with E-state index in [1.54, 1.807) is 12.1 Å². The minimum atomic E-state index is 0.0378. The fraction of sp³-hybridized carbons (Fsp3) is 0.154. The molecule has 3 nitrogen and oxygen atoms in total. The van der Waals surface area contributed by atoms with Crippen molar-refractivity contribution in [2.24, 2.45) is 0 Å². The molecule has 0 fully saturated rings. The van der Waals surface area contributed by atoms with Gasteiger partial charge in [-0.25, -0.2) is 0 Å². The Morgan fingerprint density at radius 1 is 1.41 bits per heavy atom. The van der Waals surface area contributed by atoms with Crippen molar-refractivity contribution in [1.82, 2.24) is 0 Å². The van der Waals surface area contributed by atoms with E-state index in [0.29, 0.717) is 16.3 Å². The number of aromatic nitrogens is 1. The van der Waals surface area contributed by atoms with Crippen molar-refractivity contribution in [3.8, 4) is 6.07 Å². The lowest BCUT2D eigenvalue weighted by Gasteiger charge is -1.97. The van der Waals surface area contributed by atoms with Gasteiger partial charge in [-0.2, -0.15) is 9.83 Å². The zero-order valence-electron chi connectivity index (χ0n) is 9.38. The van der Waals surface area contributed by atoms with E-state index in [-0.39, 0.29) is 5.78 Å². The third-order valence-corrected chi connectivity index (χ3v) is 3.50. The second-order valence-electron chi connectivity index (χ2n) is 3.67. The predicted octanol–water partition coefficient (Wildman–Crippen LogP) is 2.10. The molecule has 2 rings (SSSR count). The van der Waals surface area contributed by atoms with Crippen LogP contribution in [0.3, 0.4) is 0 Å². The van der Waals surface area contributed by atoms with Crippen LogP contribution in [-0.4, -0.2) is 5.78 Å². The molecule has 2 aromatic heterocycles. The zero-order valence-corrected chi connectivity index (χ0v) is 10.2. The van der Waals surface area contributed by atoms with Gasteiger partial charge in [0.05, 0.1) is 4.88 Å². The van der Waals surface area contributed by atoms with Gasteiger partial charge in [-0.05, 0) is 12.1 Å². The van der Waals surface area contributed by atoms with Gasteiger partial charge >= 0.3 is 0 Å². The Balaban J connectivity index is 2.18. The molecule has 0 bridgehead atoms. The predicted molar refractivity (Wildman–Crippen MR) is 64.7 cm³/mol. The second-order valence-corrected chi connectivity index (χ2v) is 4.75. The Kier molecular flexibility index (Phi) is 3.31. The Labute approximate surface area is 104 Å². The normalized spacial score (nSPS) is 9.88. The monoisotopic (exact) mass is 243 g/mol. The summed E-state index contributed by atoms with van der Waals surface area (Å²) in [5.41, 5.74) is 1.04. The highest BCUT2D eigenvalue weighted by atomic mass is 32.1. The molecule has 0 aromatic carbocycles. The van der Waals surface area contributed by atoms with E-state index in [0.717, 1.165) is 5.69 Å². The molecule has 0 saturated carbocycles. The molecular formula is C13H11N2OS+. The van der Waals surface area contributed by atoms with Gasteiger partial charge in [-0.15, -0.1) is 11.3 Å². The van der Waals surface area contributed by atoms with Crippen LogP contribution >= 0.6 is 11.3 Å². The largest absolute Gasteiger partial charge is 0.286 e. The number of Topliss-reactive ketones (excluding diaryl/α,β-unsaturated/α-hetero) is 1. The smallest absolute Gasteiger partial charge is 0.237 e. The van der Waals surface area contributed by atoms with Crippen LogP contribution in [-0.2, 0) is 6.54 Å². The summed E-state index contributed by atoms with van der Waals surface area (Å²) < 4.78 is 1.90. The maximum atomic E-state index is 12.0. The van der Waals surface area contributed by atoms with Crippen LogP contribution in [0.5, 0.6) is 0 Å². The standard InChI is InChI=1S/C13H11N2OS/c1-10-4-2-3-7-15(10)9-12(16)13-6-5-11(8-14)17-13/h2-7H,9H2,1H3/q+1. The summed E-state index contributed by atoms with van der Waals surface area (Å²) >= 11 is 1.24. The number of aryl methyl sites for hydroxylation is 1. The molecule has 0 aliphatic heterocycles. The molecule has 0 radical (unpaired) electrons. The van der Waals surface area contributed by atoms with E-state index in [4.69, 9.17) is 5.26 Å². The van der Waals surface area contributed by atoms with E-state index >= 15 is 0 Å². The minimum Gasteiger partial charge on any atom is -0.286 e. The number of hydrogen-bond donors (Lipinski definition) is 0. The quantitative estimate of drug-likeness (QED) is 0.612. The molecule has 0 atom stereocenters. The molecule has 2 aromatic rings. The summed E-state index contributed by atoms with van der Waals surface area (Å²) in [6, 6.07) is 11.2. The number of carbonyl (C=O) groups excluding carboxylic acids is 1. The van der Waals surface area contributed by atoms with Crippen molar-refractivity contribution in [2.45, 2.75) is 13.5 Å². The van der Waals surface area contributed by atoms with Crippen molar-refractivity contribution < 1.29 is 9.36 Å². The van der Waals surface area contributed by atoms with Gasteiger partial charge in [0.15, 0.2) is 11.9 Å². The number of nitrogens with zero attached hydrogens (tertiary/aromatic N) is 2. The van der Waals surface area contributed by atoms with Crippen LogP contribution in [0, 0.1) is 18.3 Å². The summed E-state index contributed by atoms with van der Waals surface area (Å²) in [5.74, 6) is 0.0378. The fourth-order valence-electron chi connectivity index (χ4n) is 1.52. The number of thiophene rings is 1. The molecule has 0 aliphatic rings. The van der Waals surface area contributed by atoms with E-state index < -0.39 is 0 Å². The molecule has 4 heteroatoms. The lowest BCUT2D eigenvalue weighted by molar-refractivity contribution is -0.689. The number of ketones is 1. The first kappa shape index (κ1) is 11.5. The van der Waals surface area contributed by atoms with Crippen molar-refractivity contribution >= 4 is 17.1 Å². The minimum absolute atomic E-state index is 0.0378. The van der Waals surface area contributed by atoms with E-state index in [1.165, 1.54) is 11.3 Å². The van der Waals surface area contributed by atoms with E-state index in [1.807, 2.05) is 42.0 Å². The molecule has 0 aliphatic carbocycles. The van der Waals surface area contributed by atoms with Gasteiger partial charge in [-0.1, -0.05) is 6.07 Å². The van der Waals surface area contributed by atoms with Gasteiger partial charge in [0.2, 0.25) is 12.3 Å². The number of pyridine rings is 1. The molecule has 0 unspecified atom stereocenters. The highest BCUT2D eigenvalue weighted by Crippen LogP contribution is 2.15. The Bertz CT molecular complexity index is 595. The number of nitriles is 1. The van der Waals surface area contributed by atoms with Gasteiger partial charge in [0.25, 0.3) is 0 Å². The molecule has 0 saturated heterocycles. The Hall–Kier alpha value is -1.99. The molecule has 17 heavy (non-hydrogen) atoms. The van der Waals surface area contributed by atoms with Crippen LogP contribution in [0.1, 0.15) is 20.2 Å². The van der Waals surface area contributed by atoms with Crippen molar-refractivity contribution in [3.63, 3.8) is 0 Å². The van der Waals surface area contributed by atoms with Crippen LogP contribution in [0.25, 0.3) is 0 Å². The van der Waals surface area contributed by atoms with Crippen LogP contribution in [0.15, 0.2) is 36.5 Å². The third-order valence-electron chi connectivity index (χ3n) is 2.47. The Morgan fingerprint density at radius 2 is 2.24 bits per heavy atom. The van der Waals surface area contributed by atoms with E-state index in [2.05, 4.69) is 0 Å². The third kappa shape index (κ3) is 2.58. The lowest BCUT2D eigenvalue weighted by Crippen LogP contribution is -2.40. The number of hydrogen-bond acceptors (Lipinski definition) is 3. The summed E-state index contributed by atoms with van der Waals surface area (Å²) in [7, 11) is 0. The maximum absolute atomic E-state index is 12.0. The first-order valence-corrected chi connectivity index (χ1v) is 6.00. The molecule has 0 amide bonds. The van der Waals surface area contributed by atoms with Crippen molar-refractivity contribution in [1.29, 1.82) is 5.26 Å². The average molecular weight is 243 g/mol. The molecule has 84 valence electrons. The number of rotatable bonds is 3. The van der Waals surface area contributed by atoms with Crippen molar-refractivity contribution in [2.75, 3.05) is 0 Å². The maximum Gasteiger partial charge on any atom is 0.237 e. The van der Waals surface area contributed by atoms with Crippen LogP contribution < -0.4 is 4.57 Å². The Morgan fingerprint density at radius 3 is 2.88 bits per heavy atom. The topological polar surface area (TPSA) is 44.7 Å². The van der Waals surface area contributed by atoms with Crippen LogP contribution in [0.4, 0.5) is 0 Å². The number of carbonyl (C=O) groups is 1. The summed E-state index contributed by atoms with van der Waals surface area (Å²) in [5, 5.41) is 8.71. The van der Waals surface area contributed by atoms with Crippen molar-refractivity contribution in [3.05, 3.63) is 52.0 Å². The van der Waals surface area contributed by atoms with E-state index in [9.17, 15) is 4.79 Å². The molecular weight excluding hydrogens is 232 g/mol. The SMILES string of the molecule is Cc1cccc[n+]1CC(=O)c1ccc(C#N)s1. The summed E-state index contributed by atoms with van der Waals surface area (Å²) in [6.45, 7) is 2.28. The van der Waals surface area contributed by atoms with Gasteiger partial charge in [0.1, 0.15) is 10.9 Å². The molecule has 2 heterocycles. The summed E-state index contributed by atoms with van der Waals surface area (Å²) in [4.78, 5) is 13.2. The molecule has 0 N–H and O–H groups in total. The van der Waals surface area contributed by atoms with Crippen LogP contribution in [0.2, 0.25) is 0 Å². The first-order chi connectivity index (χ1) is 8.20. The average Bonchev–Trinajstić information content (AvgIpc) is 2.81. The van der Waals surface area contributed by atoms with Gasteiger partial charge in [0, 0.05) is 19.1 Å². The zero-order chi connectivity index (χ0) is 12.3. The highest BCUT2D eigenvalue weighted by molar-refractivity contribution is 7.14. The first-order valence-electron chi connectivity index (χ1n) is 5.19.